The summed E-state index contributed by atoms with van der Waals surface area (Å²) in [5, 5.41) is 5.12. The number of aromatic nitrogens is 2. The Bertz CT molecular complexity index is 602. The average Bonchev–Trinajstić information content (AvgIpc) is 2.57. The summed E-state index contributed by atoms with van der Waals surface area (Å²) in [7, 11) is 0. The van der Waals surface area contributed by atoms with Crippen molar-refractivity contribution in [3.05, 3.63) is 51.8 Å². The van der Waals surface area contributed by atoms with Crippen LogP contribution in [0.1, 0.15) is 34.2 Å². The molecule has 94 valence electrons. The number of halogens is 1. The summed E-state index contributed by atoms with van der Waals surface area (Å²) in [5.41, 5.74) is 3.37. The zero-order valence-corrected chi connectivity index (χ0v) is 11.5. The molecule has 2 rings (SSSR count). The molecule has 0 amide bonds. The highest BCUT2D eigenvalue weighted by molar-refractivity contribution is 6.31. The normalized spacial score (nSPS) is 10.7. The Morgan fingerprint density at radius 1 is 1.33 bits per heavy atom. The van der Waals surface area contributed by atoms with Gasteiger partial charge in [-0.15, -0.1) is 0 Å². The van der Waals surface area contributed by atoms with Gasteiger partial charge in [0.2, 0.25) is 0 Å². The van der Waals surface area contributed by atoms with Crippen molar-refractivity contribution in [2.75, 3.05) is 0 Å². The largest absolute Gasteiger partial charge is 0.294 e. The van der Waals surface area contributed by atoms with Gasteiger partial charge in [-0.1, -0.05) is 29.8 Å². The molecule has 0 aliphatic carbocycles. The summed E-state index contributed by atoms with van der Waals surface area (Å²) in [6.07, 6.45) is 0. The minimum atomic E-state index is 0.0513. The van der Waals surface area contributed by atoms with E-state index in [1.807, 2.05) is 42.8 Å². The predicted octanol–water partition coefficient (Wildman–Crippen LogP) is 3.40. The maximum atomic E-state index is 11.5. The van der Waals surface area contributed by atoms with Crippen LogP contribution in [0.25, 0.3) is 0 Å². The lowest BCUT2D eigenvalue weighted by atomic mass is 10.1. The number of carbonyl (C=O) groups is 1. The summed E-state index contributed by atoms with van der Waals surface area (Å²) in [4.78, 5) is 11.5. The summed E-state index contributed by atoms with van der Waals surface area (Å²) in [5.74, 6) is 0.0513. The van der Waals surface area contributed by atoms with E-state index < -0.39 is 0 Å². The number of nitrogens with zero attached hydrogens (tertiary/aromatic N) is 2. The van der Waals surface area contributed by atoms with Crippen molar-refractivity contribution < 1.29 is 4.79 Å². The smallest absolute Gasteiger partial charge is 0.163 e. The monoisotopic (exact) mass is 262 g/mol. The average molecular weight is 263 g/mol. The molecule has 4 heteroatoms. The molecule has 3 nitrogen and oxygen atoms in total. The Hall–Kier alpha value is -1.61. The van der Waals surface area contributed by atoms with Gasteiger partial charge in [-0.05, 0) is 32.4 Å². The van der Waals surface area contributed by atoms with Gasteiger partial charge in [-0.25, -0.2) is 0 Å². The van der Waals surface area contributed by atoms with Crippen molar-refractivity contribution in [3.8, 4) is 0 Å². The molecular weight excluding hydrogens is 248 g/mol. The van der Waals surface area contributed by atoms with Crippen LogP contribution in [0.15, 0.2) is 24.3 Å². The summed E-state index contributed by atoms with van der Waals surface area (Å²) in [6.45, 7) is 5.91. The zero-order valence-electron chi connectivity index (χ0n) is 10.7. The minimum absolute atomic E-state index is 0.0513. The molecule has 18 heavy (non-hydrogen) atoms. The third kappa shape index (κ3) is 2.31. The van der Waals surface area contributed by atoms with Crippen LogP contribution in [-0.2, 0) is 6.54 Å². The molecule has 2 aromatic rings. The number of hydrogen-bond donors (Lipinski definition) is 0. The molecule has 0 spiro atoms. The van der Waals surface area contributed by atoms with Gasteiger partial charge < -0.3 is 0 Å². The highest BCUT2D eigenvalue weighted by Crippen LogP contribution is 2.19. The summed E-state index contributed by atoms with van der Waals surface area (Å²) >= 11 is 6.13. The Balaban J connectivity index is 2.39. The van der Waals surface area contributed by atoms with Crippen molar-refractivity contribution in [1.82, 2.24) is 9.78 Å². The summed E-state index contributed by atoms with van der Waals surface area (Å²) < 4.78 is 1.83. The summed E-state index contributed by atoms with van der Waals surface area (Å²) in [6, 6.07) is 7.66. The second kappa shape index (κ2) is 4.94. The third-order valence-electron chi connectivity index (χ3n) is 3.01. The highest BCUT2D eigenvalue weighted by Gasteiger charge is 2.15. The molecule has 1 heterocycles. The maximum Gasteiger partial charge on any atom is 0.163 e. The van der Waals surface area contributed by atoms with Gasteiger partial charge in [-0.3, -0.25) is 9.48 Å². The minimum Gasteiger partial charge on any atom is -0.294 e. The van der Waals surface area contributed by atoms with Crippen molar-refractivity contribution in [2.24, 2.45) is 0 Å². The first-order chi connectivity index (χ1) is 8.50. The first-order valence-electron chi connectivity index (χ1n) is 5.79. The predicted molar refractivity (Wildman–Crippen MR) is 72.3 cm³/mol. The molecule has 0 bridgehead atoms. The number of rotatable bonds is 3. The molecule has 0 saturated carbocycles. The number of benzene rings is 1. The van der Waals surface area contributed by atoms with Crippen LogP contribution in [-0.4, -0.2) is 15.6 Å². The maximum absolute atomic E-state index is 11.5. The van der Waals surface area contributed by atoms with Gasteiger partial charge in [-0.2, -0.15) is 5.10 Å². The topological polar surface area (TPSA) is 34.9 Å². The first-order valence-corrected chi connectivity index (χ1v) is 6.17. The van der Waals surface area contributed by atoms with Crippen molar-refractivity contribution in [1.29, 1.82) is 0 Å². The van der Waals surface area contributed by atoms with Crippen LogP contribution in [0.5, 0.6) is 0 Å². The van der Waals surface area contributed by atoms with Crippen molar-refractivity contribution in [2.45, 2.75) is 27.3 Å². The van der Waals surface area contributed by atoms with Gasteiger partial charge >= 0.3 is 0 Å². The van der Waals surface area contributed by atoms with E-state index >= 15 is 0 Å². The Kier molecular flexibility index (Phi) is 3.53. The van der Waals surface area contributed by atoms with Gasteiger partial charge in [0, 0.05) is 10.7 Å². The van der Waals surface area contributed by atoms with E-state index in [-0.39, 0.29) is 5.78 Å². The second-order valence-electron chi connectivity index (χ2n) is 4.35. The van der Waals surface area contributed by atoms with E-state index in [9.17, 15) is 4.79 Å². The van der Waals surface area contributed by atoms with Crippen LogP contribution >= 0.6 is 11.6 Å². The lowest BCUT2D eigenvalue weighted by Crippen LogP contribution is -2.05. The van der Waals surface area contributed by atoms with Crippen LogP contribution < -0.4 is 0 Å². The van der Waals surface area contributed by atoms with Crippen LogP contribution in [0.2, 0.25) is 5.02 Å². The fraction of sp³-hybridized carbons (Fsp3) is 0.286. The first kappa shape index (κ1) is 12.8. The van der Waals surface area contributed by atoms with E-state index in [1.165, 1.54) is 0 Å². The SMILES string of the molecule is CC(=O)c1c(C)nn(Cc2ccccc2Cl)c1C. The number of Topliss-reactive ketones (excluding diaryl/α,β-unsaturated/α-hetero) is 1. The van der Waals surface area contributed by atoms with Crippen LogP contribution in [0, 0.1) is 13.8 Å². The number of aryl methyl sites for hydroxylation is 1. The van der Waals surface area contributed by atoms with E-state index in [4.69, 9.17) is 11.6 Å². The van der Waals surface area contributed by atoms with E-state index in [0.29, 0.717) is 12.1 Å². The molecule has 0 aliphatic rings. The molecular formula is C14H15ClN2O. The Morgan fingerprint density at radius 2 is 2.00 bits per heavy atom. The number of hydrogen-bond acceptors (Lipinski definition) is 2. The third-order valence-corrected chi connectivity index (χ3v) is 3.38. The highest BCUT2D eigenvalue weighted by atomic mass is 35.5. The number of ketones is 1. The molecule has 0 unspecified atom stereocenters. The fourth-order valence-electron chi connectivity index (χ4n) is 2.15. The fourth-order valence-corrected chi connectivity index (χ4v) is 2.34. The van der Waals surface area contributed by atoms with E-state index in [1.54, 1.807) is 6.92 Å². The molecule has 1 aromatic heterocycles. The zero-order chi connectivity index (χ0) is 13.3. The van der Waals surface area contributed by atoms with Crippen molar-refractivity contribution in [3.63, 3.8) is 0 Å². The van der Waals surface area contributed by atoms with Gasteiger partial charge in [0.25, 0.3) is 0 Å². The molecule has 0 atom stereocenters. The van der Waals surface area contributed by atoms with Gasteiger partial charge in [0.1, 0.15) is 0 Å². The van der Waals surface area contributed by atoms with Crippen molar-refractivity contribution >= 4 is 17.4 Å². The Labute approximate surface area is 111 Å². The molecule has 0 saturated heterocycles. The molecule has 1 aromatic carbocycles. The number of carbonyl (C=O) groups excluding carboxylic acids is 1. The standard InChI is InChI=1S/C14H15ClN2O/c1-9-14(11(3)18)10(2)17(16-9)8-12-6-4-5-7-13(12)15/h4-7H,8H2,1-3H3. The second-order valence-corrected chi connectivity index (χ2v) is 4.76. The van der Waals surface area contributed by atoms with Gasteiger partial charge in [0.15, 0.2) is 5.78 Å². The molecule has 0 N–H and O–H groups in total. The van der Waals surface area contributed by atoms with Crippen LogP contribution in [0.4, 0.5) is 0 Å². The van der Waals surface area contributed by atoms with E-state index in [2.05, 4.69) is 5.10 Å². The molecule has 0 radical (unpaired) electrons. The lowest BCUT2D eigenvalue weighted by molar-refractivity contribution is 0.101. The molecule has 0 fully saturated rings. The lowest BCUT2D eigenvalue weighted by Gasteiger charge is -2.06. The van der Waals surface area contributed by atoms with Gasteiger partial charge in [0.05, 0.1) is 17.8 Å². The van der Waals surface area contributed by atoms with E-state index in [0.717, 1.165) is 22.0 Å². The van der Waals surface area contributed by atoms with Crippen LogP contribution in [0.3, 0.4) is 0 Å². The molecule has 0 aliphatic heterocycles. The quantitative estimate of drug-likeness (QED) is 0.795. The Morgan fingerprint density at radius 3 is 2.56 bits per heavy atom.